The molecule has 3 fully saturated rings. The second-order valence-electron chi connectivity index (χ2n) is 13.2. The molecule has 0 radical (unpaired) electrons. The molecule has 4 bridgehead atoms. The summed E-state index contributed by atoms with van der Waals surface area (Å²) in [5.41, 5.74) is 0. The lowest BCUT2D eigenvalue weighted by molar-refractivity contribution is 0.0470. The highest BCUT2D eigenvalue weighted by Crippen LogP contribution is 2.39. The molecular weight excluding hydrogens is 817 g/mol. The third kappa shape index (κ3) is 6.94. The first-order chi connectivity index (χ1) is 26.6. The Morgan fingerprint density at radius 1 is 0.345 bits per heavy atom. The molecule has 7 unspecified atom stereocenters. The molecule has 0 spiro atoms. The average molecular weight is 853 g/mol. The largest absolute Gasteiger partial charge is 0.520 e. The lowest BCUT2D eigenvalue weighted by atomic mass is 10.4. The lowest BCUT2D eigenvalue weighted by Gasteiger charge is -2.55. The summed E-state index contributed by atoms with van der Waals surface area (Å²) < 4.78 is 65.7. The molecule has 0 aliphatic carbocycles. The van der Waals surface area contributed by atoms with Gasteiger partial charge in [-0.3, -0.25) is 0 Å². The van der Waals surface area contributed by atoms with Crippen LogP contribution in [0.15, 0.2) is 182 Å². The zero-order valence-corrected chi connectivity index (χ0v) is 36.6. The number of benzene rings is 6. The van der Waals surface area contributed by atoms with E-state index in [1.807, 2.05) is 133 Å². The predicted octanol–water partition coefficient (Wildman–Crippen LogP) is 1.09. The van der Waals surface area contributed by atoms with Gasteiger partial charge in [-0.15, -0.1) is 0 Å². The predicted molar refractivity (Wildman–Crippen MR) is 218 cm³/mol. The van der Waals surface area contributed by atoms with Crippen LogP contribution >= 0.6 is 0 Å². The first-order valence-electron chi connectivity index (χ1n) is 17.7. The van der Waals surface area contributed by atoms with Gasteiger partial charge in [0, 0.05) is 32.5 Å². The molecule has 3 saturated heterocycles. The Labute approximate surface area is 326 Å². The van der Waals surface area contributed by atoms with Crippen molar-refractivity contribution in [1.82, 2.24) is 0 Å². The molecule has 6 aromatic rings. The molecule has 3 aliphatic rings. The van der Waals surface area contributed by atoms with E-state index < -0.39 is 62.1 Å². The van der Waals surface area contributed by atoms with Crippen LogP contribution in [0.1, 0.15) is 0 Å². The van der Waals surface area contributed by atoms with Crippen LogP contribution < -0.4 is 31.1 Å². The van der Waals surface area contributed by atoms with Gasteiger partial charge in [0.25, 0.3) is 0 Å². The van der Waals surface area contributed by atoms with Gasteiger partial charge in [-0.05, 0) is 5.19 Å². The van der Waals surface area contributed by atoms with Crippen LogP contribution in [-0.2, 0) is 37.0 Å². The Balaban J connectivity index is 1.41. The van der Waals surface area contributed by atoms with E-state index in [2.05, 4.69) is 0 Å². The van der Waals surface area contributed by atoms with Gasteiger partial charge >= 0.3 is 62.1 Å². The van der Waals surface area contributed by atoms with Crippen molar-refractivity contribution in [3.8, 4) is 0 Å². The van der Waals surface area contributed by atoms with Crippen molar-refractivity contribution >= 4 is 93.2 Å². The molecule has 3 heterocycles. The standard InChI is InChI=1S/C37H36O11Si7/c1-50(38)42-52(34-24-12-4-13-25-34)40-49(32-20-8-2-9-21-32)41-53(35-26-14-5-15-27-35)44-51(39,33-22-10-3-11-23-33)45-54(43-50,36-28-16-6-17-29-36)48-55(46-52,47-53)37-30-18-7-19-31-37/h2-31,38-39,49H,1H3. The van der Waals surface area contributed by atoms with Gasteiger partial charge in [0.05, 0.1) is 0 Å². The van der Waals surface area contributed by atoms with Crippen LogP contribution in [0, 0.1) is 0 Å². The third-order valence-electron chi connectivity index (χ3n) is 9.24. The Bertz CT molecular complexity index is 2240. The summed E-state index contributed by atoms with van der Waals surface area (Å²) in [6.45, 7) is 1.48. The highest BCUT2D eigenvalue weighted by molar-refractivity contribution is 7.07. The quantitative estimate of drug-likeness (QED) is 0.235. The molecule has 278 valence electrons. The zero-order chi connectivity index (χ0) is 37.6. The van der Waals surface area contributed by atoms with Crippen LogP contribution in [0.5, 0.6) is 0 Å². The van der Waals surface area contributed by atoms with E-state index in [1.165, 1.54) is 6.55 Å². The molecule has 18 heteroatoms. The summed E-state index contributed by atoms with van der Waals surface area (Å²) in [5.74, 6) is 0. The lowest BCUT2D eigenvalue weighted by Crippen LogP contribution is -2.88. The highest BCUT2D eigenvalue weighted by Gasteiger charge is 2.77. The van der Waals surface area contributed by atoms with Crippen LogP contribution in [-0.4, -0.2) is 71.7 Å². The number of hydrogen-bond donors (Lipinski definition) is 2. The van der Waals surface area contributed by atoms with Gasteiger partial charge in [0.1, 0.15) is 0 Å². The fraction of sp³-hybridized carbons (Fsp3) is 0.0270. The SMILES string of the molecule is C[Si]1(O)O[Si]2(c3ccccc3)O[SiH](c3ccccc3)O[Si]3(c4ccccc4)O[Si](O)(c4ccccc4)O[Si](c4ccccc4)(O1)O[Si](c1ccccc1)(O2)O3. The Hall–Kier alpha value is -3.60. The second kappa shape index (κ2) is 14.4. The minimum Gasteiger partial charge on any atom is -0.391 e. The molecule has 3 aliphatic heterocycles. The maximum atomic E-state index is 13.3. The van der Waals surface area contributed by atoms with Crippen molar-refractivity contribution in [2.24, 2.45) is 0 Å². The minimum absolute atomic E-state index is 0.341. The van der Waals surface area contributed by atoms with E-state index >= 15 is 0 Å². The summed E-state index contributed by atoms with van der Waals surface area (Å²) in [4.78, 5) is 25.9. The maximum Gasteiger partial charge on any atom is 0.520 e. The topological polar surface area (TPSA) is 124 Å². The summed E-state index contributed by atoms with van der Waals surface area (Å²) in [6.07, 6.45) is 0. The summed E-state index contributed by atoms with van der Waals surface area (Å²) in [7, 11) is -30.8. The van der Waals surface area contributed by atoms with Crippen molar-refractivity contribution in [3.63, 3.8) is 0 Å². The Kier molecular flexibility index (Phi) is 9.69. The number of fused-ring (bicyclic) bond motifs is 3. The van der Waals surface area contributed by atoms with Crippen LogP contribution in [0.4, 0.5) is 0 Å². The molecular formula is C37H36O11Si7. The summed E-state index contributed by atoms with van der Waals surface area (Å²) >= 11 is 0. The van der Waals surface area contributed by atoms with E-state index in [9.17, 15) is 9.59 Å². The summed E-state index contributed by atoms with van der Waals surface area (Å²) in [5, 5.41) is 3.07. The van der Waals surface area contributed by atoms with Gasteiger partial charge in [-0.25, -0.2) is 0 Å². The van der Waals surface area contributed by atoms with Crippen molar-refractivity contribution in [3.05, 3.63) is 182 Å². The average Bonchev–Trinajstić information content (AvgIpc) is 3.20. The molecule has 11 nitrogen and oxygen atoms in total. The zero-order valence-electron chi connectivity index (χ0n) is 29.5. The molecule has 55 heavy (non-hydrogen) atoms. The molecule has 6 aromatic carbocycles. The van der Waals surface area contributed by atoms with Gasteiger partial charge in [-0.1, -0.05) is 182 Å². The van der Waals surface area contributed by atoms with Crippen LogP contribution in [0.3, 0.4) is 0 Å². The van der Waals surface area contributed by atoms with Gasteiger partial charge in [-0.2, -0.15) is 0 Å². The van der Waals surface area contributed by atoms with E-state index in [0.29, 0.717) is 31.1 Å². The van der Waals surface area contributed by atoms with Crippen LogP contribution in [0.25, 0.3) is 0 Å². The Morgan fingerprint density at radius 2 is 0.636 bits per heavy atom. The molecule has 9 rings (SSSR count). The van der Waals surface area contributed by atoms with E-state index in [-0.39, 0.29) is 0 Å². The fourth-order valence-corrected chi connectivity index (χ4v) is 40.1. The molecule has 0 aromatic heterocycles. The van der Waals surface area contributed by atoms with E-state index in [0.717, 1.165) is 0 Å². The third-order valence-corrected chi connectivity index (χ3v) is 35.6. The second-order valence-corrected chi connectivity index (χ2v) is 32.5. The van der Waals surface area contributed by atoms with Gasteiger partial charge in [0.15, 0.2) is 0 Å². The minimum atomic E-state index is -4.79. The molecule has 7 atom stereocenters. The monoisotopic (exact) mass is 852 g/mol. The fourth-order valence-electron chi connectivity index (χ4n) is 6.81. The molecule has 0 amide bonds. The van der Waals surface area contributed by atoms with Crippen LogP contribution in [0.2, 0.25) is 6.55 Å². The highest BCUT2D eigenvalue weighted by atomic mass is 28.6. The molecule has 2 N–H and O–H groups in total. The van der Waals surface area contributed by atoms with Crippen molar-refractivity contribution in [2.75, 3.05) is 0 Å². The van der Waals surface area contributed by atoms with E-state index in [4.69, 9.17) is 37.0 Å². The van der Waals surface area contributed by atoms with E-state index in [1.54, 1.807) is 48.5 Å². The smallest absolute Gasteiger partial charge is 0.391 e. The van der Waals surface area contributed by atoms with Crippen molar-refractivity contribution < 1.29 is 46.6 Å². The van der Waals surface area contributed by atoms with Gasteiger partial charge < -0.3 is 46.6 Å². The number of hydrogen-bond acceptors (Lipinski definition) is 11. The van der Waals surface area contributed by atoms with Gasteiger partial charge in [0.2, 0.25) is 0 Å². The number of rotatable bonds is 6. The first-order valence-corrected chi connectivity index (χ1v) is 30.1. The van der Waals surface area contributed by atoms with Crippen molar-refractivity contribution in [1.29, 1.82) is 0 Å². The summed E-state index contributed by atoms with van der Waals surface area (Å²) in [6, 6.07) is 55.1. The first kappa shape index (κ1) is 37.0. The van der Waals surface area contributed by atoms with Crippen molar-refractivity contribution in [2.45, 2.75) is 6.55 Å². The Morgan fingerprint density at radius 3 is 1.07 bits per heavy atom. The normalized spacial score (nSPS) is 33.3. The molecule has 0 saturated carbocycles. The maximum absolute atomic E-state index is 13.3.